The molecule has 0 radical (unpaired) electrons. The molecular weight excluding hydrogens is 374 g/mol. The molecule has 4 rings (SSSR count). The Balaban J connectivity index is 1.34. The molecule has 0 bridgehead atoms. The highest BCUT2D eigenvalue weighted by molar-refractivity contribution is 7.71. The van der Waals surface area contributed by atoms with Crippen molar-refractivity contribution in [2.75, 3.05) is 13.2 Å². The Labute approximate surface area is 169 Å². The van der Waals surface area contributed by atoms with E-state index in [0.29, 0.717) is 29.2 Å². The molecule has 2 aliphatic rings. The summed E-state index contributed by atoms with van der Waals surface area (Å²) in [6.45, 7) is 2.05. The average molecular weight is 402 g/mol. The number of nitrogens with zero attached hydrogens (tertiary/aromatic N) is 1. The minimum atomic E-state index is -0.0317. The predicted octanol–water partition coefficient (Wildman–Crippen LogP) is 3.16. The molecule has 1 aromatic heterocycles. The summed E-state index contributed by atoms with van der Waals surface area (Å²) >= 11 is 5.42. The van der Waals surface area contributed by atoms with Crippen LogP contribution in [0.5, 0.6) is 0 Å². The van der Waals surface area contributed by atoms with Crippen LogP contribution >= 0.6 is 12.2 Å². The van der Waals surface area contributed by atoms with Crippen molar-refractivity contribution < 1.29 is 9.53 Å². The van der Waals surface area contributed by atoms with Gasteiger partial charge in [-0.25, -0.2) is 0 Å². The summed E-state index contributed by atoms with van der Waals surface area (Å²) in [5.74, 6) is 0.589. The number of hydrogen-bond acceptors (Lipinski definition) is 4. The second kappa shape index (κ2) is 8.57. The molecule has 1 amide bonds. The molecule has 2 heterocycles. The smallest absolute Gasteiger partial charge is 0.262 e. The van der Waals surface area contributed by atoms with Crippen LogP contribution in [0.15, 0.2) is 29.1 Å². The first-order chi connectivity index (χ1) is 13.6. The van der Waals surface area contributed by atoms with Crippen molar-refractivity contribution in [3.63, 3.8) is 0 Å². The number of ether oxygens (including phenoxy) is 1. The fourth-order valence-electron chi connectivity index (χ4n) is 4.39. The van der Waals surface area contributed by atoms with Gasteiger partial charge < -0.3 is 15.0 Å². The van der Waals surface area contributed by atoms with Crippen molar-refractivity contribution in [1.82, 2.24) is 14.9 Å². The molecule has 1 atom stereocenters. The van der Waals surface area contributed by atoms with Gasteiger partial charge in [0.15, 0.2) is 4.77 Å². The summed E-state index contributed by atoms with van der Waals surface area (Å²) in [7, 11) is 0. The third kappa shape index (κ3) is 4.20. The summed E-state index contributed by atoms with van der Waals surface area (Å²) in [4.78, 5) is 28.4. The molecule has 1 saturated heterocycles. The Morgan fingerprint density at radius 3 is 2.75 bits per heavy atom. The van der Waals surface area contributed by atoms with Gasteiger partial charge in [-0.15, -0.1) is 0 Å². The normalized spacial score (nSPS) is 25.1. The van der Waals surface area contributed by atoms with Crippen LogP contribution in [0.2, 0.25) is 0 Å². The number of H-pyrrole nitrogens is 1. The zero-order valence-corrected chi connectivity index (χ0v) is 16.8. The molecule has 150 valence electrons. The average Bonchev–Trinajstić information content (AvgIpc) is 3.23. The second-order valence-electron chi connectivity index (χ2n) is 7.99. The maximum Gasteiger partial charge on any atom is 0.262 e. The Morgan fingerprint density at radius 1 is 1.21 bits per heavy atom. The van der Waals surface area contributed by atoms with Gasteiger partial charge in [-0.05, 0) is 68.8 Å². The van der Waals surface area contributed by atoms with Crippen molar-refractivity contribution in [3.05, 3.63) is 39.4 Å². The molecule has 6 nitrogen and oxygen atoms in total. The molecule has 2 aromatic rings. The number of rotatable bonds is 5. The van der Waals surface area contributed by atoms with E-state index >= 15 is 0 Å². The van der Waals surface area contributed by atoms with Crippen LogP contribution in [0, 0.1) is 16.6 Å². The third-order valence-electron chi connectivity index (χ3n) is 6.08. The molecule has 2 fully saturated rings. The fourth-order valence-corrected chi connectivity index (χ4v) is 4.66. The lowest BCUT2D eigenvalue weighted by molar-refractivity contribution is -0.126. The summed E-state index contributed by atoms with van der Waals surface area (Å²) in [5, 5.41) is 3.72. The number of nitrogens with one attached hydrogen (secondary N) is 2. The van der Waals surface area contributed by atoms with E-state index in [9.17, 15) is 9.59 Å². The van der Waals surface area contributed by atoms with Gasteiger partial charge in [0.25, 0.3) is 5.56 Å². The number of para-hydroxylation sites is 1. The number of aromatic amines is 1. The Bertz CT molecular complexity index is 953. The molecule has 28 heavy (non-hydrogen) atoms. The van der Waals surface area contributed by atoms with Crippen LogP contribution < -0.4 is 10.9 Å². The summed E-state index contributed by atoms with van der Waals surface area (Å²) < 4.78 is 7.72. The highest BCUT2D eigenvalue weighted by Gasteiger charge is 2.27. The van der Waals surface area contributed by atoms with Gasteiger partial charge in [0.1, 0.15) is 0 Å². The topological polar surface area (TPSA) is 76.1 Å². The van der Waals surface area contributed by atoms with Crippen molar-refractivity contribution in [2.24, 2.45) is 11.8 Å². The van der Waals surface area contributed by atoms with E-state index < -0.39 is 0 Å². The lowest BCUT2D eigenvalue weighted by Crippen LogP contribution is -2.38. The Kier molecular flexibility index (Phi) is 5.92. The molecule has 1 saturated carbocycles. The molecule has 7 heteroatoms. The molecule has 0 unspecified atom stereocenters. The lowest BCUT2D eigenvalue weighted by atomic mass is 9.81. The number of fused-ring (bicyclic) bond motifs is 1. The van der Waals surface area contributed by atoms with Gasteiger partial charge in [0.05, 0.1) is 17.0 Å². The molecule has 1 aromatic carbocycles. The van der Waals surface area contributed by atoms with Crippen molar-refractivity contribution in [3.8, 4) is 0 Å². The van der Waals surface area contributed by atoms with E-state index in [1.807, 2.05) is 24.3 Å². The molecule has 2 N–H and O–H groups in total. The number of carbonyl (C=O) groups is 1. The minimum absolute atomic E-state index is 0.0317. The molecule has 0 spiro atoms. The lowest BCUT2D eigenvalue weighted by Gasteiger charge is -2.28. The fraction of sp³-hybridized carbons (Fsp3) is 0.571. The van der Waals surface area contributed by atoms with Crippen LogP contribution in [0.1, 0.15) is 38.5 Å². The van der Waals surface area contributed by atoms with Gasteiger partial charge in [0, 0.05) is 25.6 Å². The summed E-state index contributed by atoms with van der Waals surface area (Å²) in [6, 6.07) is 7.46. The molecule has 1 aliphatic carbocycles. The number of carbonyl (C=O) groups excluding carboxylic acids is 1. The quantitative estimate of drug-likeness (QED) is 0.755. The highest BCUT2D eigenvalue weighted by atomic mass is 32.1. The van der Waals surface area contributed by atoms with Gasteiger partial charge in [-0.2, -0.15) is 0 Å². The maximum atomic E-state index is 12.8. The summed E-state index contributed by atoms with van der Waals surface area (Å²) in [6.07, 6.45) is 5.90. The highest BCUT2D eigenvalue weighted by Crippen LogP contribution is 2.30. The van der Waals surface area contributed by atoms with Crippen molar-refractivity contribution >= 4 is 29.0 Å². The zero-order chi connectivity index (χ0) is 19.5. The Hall–Kier alpha value is -1.99. The monoisotopic (exact) mass is 401 g/mol. The minimum Gasteiger partial charge on any atom is -0.376 e. The predicted molar refractivity (Wildman–Crippen MR) is 111 cm³/mol. The van der Waals surface area contributed by atoms with Crippen LogP contribution in [-0.2, 0) is 16.1 Å². The molecule has 1 aliphatic heterocycles. The SMILES string of the molecule is O=C(NC[C@H]1CCCO1)C1CCC(Cn2c(=S)[nH]c3ccccc3c2=O)CC1. The van der Waals surface area contributed by atoms with E-state index in [4.69, 9.17) is 17.0 Å². The maximum absolute atomic E-state index is 12.8. The summed E-state index contributed by atoms with van der Waals surface area (Å²) in [5.41, 5.74) is 0.746. The Morgan fingerprint density at radius 2 is 2.00 bits per heavy atom. The van der Waals surface area contributed by atoms with Gasteiger partial charge >= 0.3 is 0 Å². The zero-order valence-electron chi connectivity index (χ0n) is 16.0. The van der Waals surface area contributed by atoms with Gasteiger partial charge in [0.2, 0.25) is 5.91 Å². The first-order valence-electron chi connectivity index (χ1n) is 10.2. The van der Waals surface area contributed by atoms with E-state index in [-0.39, 0.29) is 23.5 Å². The van der Waals surface area contributed by atoms with Gasteiger partial charge in [-0.3, -0.25) is 14.2 Å². The van der Waals surface area contributed by atoms with Crippen LogP contribution in [0.3, 0.4) is 0 Å². The third-order valence-corrected chi connectivity index (χ3v) is 6.40. The number of amides is 1. The van der Waals surface area contributed by atoms with Crippen LogP contribution in [-0.4, -0.2) is 34.7 Å². The van der Waals surface area contributed by atoms with Crippen LogP contribution in [0.25, 0.3) is 10.9 Å². The van der Waals surface area contributed by atoms with Crippen molar-refractivity contribution in [1.29, 1.82) is 0 Å². The second-order valence-corrected chi connectivity index (χ2v) is 8.38. The van der Waals surface area contributed by atoms with Crippen molar-refractivity contribution in [2.45, 2.75) is 51.2 Å². The van der Waals surface area contributed by atoms with Gasteiger partial charge in [-0.1, -0.05) is 12.1 Å². The van der Waals surface area contributed by atoms with Crippen LogP contribution in [0.4, 0.5) is 0 Å². The molecular formula is C21H27N3O3S. The standard InChI is InChI=1S/C21H27N3O3S/c25-19(22-12-16-4-3-11-27-16)15-9-7-14(8-10-15)13-24-20(26)17-5-1-2-6-18(17)23-21(24)28/h1-2,5-6,14-16H,3-4,7-13H2,(H,22,25)(H,23,28)/t14?,15?,16-/m1/s1. The largest absolute Gasteiger partial charge is 0.376 e. The van der Waals surface area contributed by atoms with E-state index in [1.165, 1.54) is 0 Å². The number of benzene rings is 1. The van der Waals surface area contributed by atoms with E-state index in [0.717, 1.165) is 50.6 Å². The number of aromatic nitrogens is 2. The van der Waals surface area contributed by atoms with E-state index in [2.05, 4.69) is 10.3 Å². The first-order valence-corrected chi connectivity index (χ1v) is 10.6. The number of hydrogen-bond donors (Lipinski definition) is 2. The first kappa shape index (κ1) is 19.3. The van der Waals surface area contributed by atoms with E-state index in [1.54, 1.807) is 4.57 Å².